The van der Waals surface area contributed by atoms with Crippen molar-refractivity contribution in [2.24, 2.45) is 0 Å². The molecule has 98 valence electrons. The number of phenolic OH excluding ortho intramolecular Hbond substituents is 1. The molecular weight excluding hydrogens is 384 g/mol. The number of amides is 1. The number of anilines is 1. The summed E-state index contributed by atoms with van der Waals surface area (Å²) in [6, 6.07) is 8.59. The fourth-order valence-corrected chi connectivity index (χ4v) is 2.07. The molecular formula is C13H8ClFINO2. The lowest BCUT2D eigenvalue weighted by molar-refractivity contribution is 0.102. The second kappa shape index (κ2) is 5.75. The molecule has 0 saturated heterocycles. The molecule has 1 amide bonds. The van der Waals surface area contributed by atoms with E-state index in [0.29, 0.717) is 0 Å². The molecule has 2 rings (SSSR count). The third-order valence-corrected chi connectivity index (χ3v) is 3.36. The van der Waals surface area contributed by atoms with Crippen molar-refractivity contribution in [3.63, 3.8) is 0 Å². The van der Waals surface area contributed by atoms with Gasteiger partial charge in [0.25, 0.3) is 5.91 Å². The Labute approximate surface area is 127 Å². The van der Waals surface area contributed by atoms with E-state index in [-0.39, 0.29) is 22.0 Å². The predicted octanol–water partition coefficient (Wildman–Crippen LogP) is 4.04. The smallest absolute Gasteiger partial charge is 0.259 e. The quantitative estimate of drug-likeness (QED) is 0.759. The number of nitrogens with one attached hydrogen (secondary N) is 1. The highest BCUT2D eigenvalue weighted by Crippen LogP contribution is 2.23. The third-order valence-electron chi connectivity index (χ3n) is 2.38. The first-order valence-corrected chi connectivity index (χ1v) is 6.68. The number of benzene rings is 2. The van der Waals surface area contributed by atoms with Gasteiger partial charge in [0.05, 0.1) is 10.6 Å². The zero-order chi connectivity index (χ0) is 14.0. The van der Waals surface area contributed by atoms with E-state index in [1.54, 1.807) is 6.07 Å². The fourth-order valence-electron chi connectivity index (χ4n) is 1.46. The number of carbonyl (C=O) groups excluding carboxylic acids is 1. The van der Waals surface area contributed by atoms with E-state index in [2.05, 4.69) is 5.32 Å². The summed E-state index contributed by atoms with van der Waals surface area (Å²) in [5.74, 6) is -1.27. The maximum atomic E-state index is 13.2. The van der Waals surface area contributed by atoms with Crippen molar-refractivity contribution in [1.82, 2.24) is 0 Å². The van der Waals surface area contributed by atoms with Crippen LogP contribution in [0, 0.1) is 9.39 Å². The largest absolute Gasteiger partial charge is 0.507 e. The Balaban J connectivity index is 2.25. The second-order valence-electron chi connectivity index (χ2n) is 3.74. The highest BCUT2D eigenvalue weighted by atomic mass is 127. The molecule has 0 aromatic heterocycles. The van der Waals surface area contributed by atoms with E-state index in [1.807, 2.05) is 22.6 Å². The number of phenols is 1. The Morgan fingerprint density at radius 3 is 2.68 bits per heavy atom. The Hall–Kier alpha value is -1.34. The van der Waals surface area contributed by atoms with Crippen molar-refractivity contribution in [3.8, 4) is 5.75 Å². The Morgan fingerprint density at radius 1 is 1.26 bits per heavy atom. The van der Waals surface area contributed by atoms with Gasteiger partial charge < -0.3 is 10.4 Å². The molecule has 0 bridgehead atoms. The van der Waals surface area contributed by atoms with Crippen LogP contribution in [0.15, 0.2) is 36.4 Å². The standard InChI is InChI=1S/C13H8ClFINO2/c14-10-3-2-8(6-11(10)15)17-13(19)9-5-7(16)1-4-12(9)18/h1-6,18H,(H,17,19). The molecule has 2 aromatic rings. The van der Waals surface area contributed by atoms with Crippen LogP contribution in [0.3, 0.4) is 0 Å². The van der Waals surface area contributed by atoms with Gasteiger partial charge in [-0.2, -0.15) is 0 Å². The van der Waals surface area contributed by atoms with Crippen LogP contribution in [0.4, 0.5) is 10.1 Å². The number of aromatic hydroxyl groups is 1. The summed E-state index contributed by atoms with van der Waals surface area (Å²) in [5, 5.41) is 12.1. The normalized spacial score (nSPS) is 10.3. The van der Waals surface area contributed by atoms with Crippen molar-refractivity contribution in [2.45, 2.75) is 0 Å². The summed E-state index contributed by atoms with van der Waals surface area (Å²) in [7, 11) is 0. The summed E-state index contributed by atoms with van der Waals surface area (Å²) in [6.07, 6.45) is 0. The summed E-state index contributed by atoms with van der Waals surface area (Å²) in [6.45, 7) is 0. The van der Waals surface area contributed by atoms with Crippen LogP contribution < -0.4 is 5.32 Å². The Morgan fingerprint density at radius 2 is 2.00 bits per heavy atom. The molecule has 0 radical (unpaired) electrons. The number of rotatable bonds is 2. The van der Waals surface area contributed by atoms with Crippen molar-refractivity contribution in [3.05, 3.63) is 56.4 Å². The van der Waals surface area contributed by atoms with Crippen molar-refractivity contribution < 1.29 is 14.3 Å². The molecule has 2 N–H and O–H groups in total. The van der Waals surface area contributed by atoms with Gasteiger partial charge in [0.2, 0.25) is 0 Å². The van der Waals surface area contributed by atoms with Gasteiger partial charge in [-0.1, -0.05) is 11.6 Å². The molecule has 0 heterocycles. The molecule has 0 aliphatic heterocycles. The van der Waals surface area contributed by atoms with Crippen LogP contribution in [-0.2, 0) is 0 Å². The maximum absolute atomic E-state index is 13.2. The van der Waals surface area contributed by atoms with Crippen LogP contribution in [-0.4, -0.2) is 11.0 Å². The second-order valence-corrected chi connectivity index (χ2v) is 5.40. The first kappa shape index (κ1) is 14.1. The van der Waals surface area contributed by atoms with Crippen molar-refractivity contribution in [1.29, 1.82) is 0 Å². The van der Waals surface area contributed by atoms with E-state index in [9.17, 15) is 14.3 Å². The van der Waals surface area contributed by atoms with Gasteiger partial charge in [-0.3, -0.25) is 4.79 Å². The molecule has 6 heteroatoms. The summed E-state index contributed by atoms with van der Waals surface area (Å²) >= 11 is 7.58. The van der Waals surface area contributed by atoms with Gasteiger partial charge in [0.15, 0.2) is 0 Å². The summed E-state index contributed by atoms with van der Waals surface area (Å²) < 4.78 is 14.0. The molecule has 0 saturated carbocycles. The minimum absolute atomic E-state index is 0.0184. The minimum atomic E-state index is -0.619. The highest BCUT2D eigenvalue weighted by Gasteiger charge is 2.12. The molecule has 0 unspecified atom stereocenters. The molecule has 19 heavy (non-hydrogen) atoms. The lowest BCUT2D eigenvalue weighted by atomic mass is 10.2. The lowest BCUT2D eigenvalue weighted by Crippen LogP contribution is -2.12. The monoisotopic (exact) mass is 391 g/mol. The Bertz CT molecular complexity index is 649. The maximum Gasteiger partial charge on any atom is 0.259 e. The fraction of sp³-hybridized carbons (Fsp3) is 0. The molecule has 0 atom stereocenters. The van der Waals surface area contributed by atoms with Crippen LogP contribution in [0.5, 0.6) is 5.75 Å². The van der Waals surface area contributed by atoms with E-state index in [4.69, 9.17) is 11.6 Å². The minimum Gasteiger partial charge on any atom is -0.507 e. The average Bonchev–Trinajstić information content (AvgIpc) is 2.36. The molecule has 0 spiro atoms. The van der Waals surface area contributed by atoms with Gasteiger partial charge in [0, 0.05) is 9.26 Å². The lowest BCUT2D eigenvalue weighted by Gasteiger charge is -2.07. The summed E-state index contributed by atoms with van der Waals surface area (Å²) in [5.41, 5.74) is 0.396. The third kappa shape index (κ3) is 3.36. The van der Waals surface area contributed by atoms with Crippen LogP contribution in [0.25, 0.3) is 0 Å². The first-order valence-electron chi connectivity index (χ1n) is 5.22. The van der Waals surface area contributed by atoms with Crippen molar-refractivity contribution >= 4 is 45.8 Å². The predicted molar refractivity (Wildman–Crippen MR) is 80.2 cm³/mol. The SMILES string of the molecule is O=C(Nc1ccc(Cl)c(F)c1)c1cc(I)ccc1O. The topological polar surface area (TPSA) is 49.3 Å². The molecule has 2 aromatic carbocycles. The average molecular weight is 392 g/mol. The number of hydrogen-bond donors (Lipinski definition) is 2. The van der Waals surface area contributed by atoms with E-state index in [1.165, 1.54) is 24.3 Å². The molecule has 0 aliphatic carbocycles. The van der Waals surface area contributed by atoms with Gasteiger partial charge in [0.1, 0.15) is 11.6 Å². The summed E-state index contributed by atoms with van der Waals surface area (Å²) in [4.78, 5) is 12.0. The van der Waals surface area contributed by atoms with E-state index >= 15 is 0 Å². The first-order chi connectivity index (χ1) is 8.97. The number of carbonyl (C=O) groups is 1. The molecule has 3 nitrogen and oxygen atoms in total. The van der Waals surface area contributed by atoms with Gasteiger partial charge >= 0.3 is 0 Å². The van der Waals surface area contributed by atoms with Crippen LogP contribution in [0.1, 0.15) is 10.4 Å². The molecule has 0 fully saturated rings. The van der Waals surface area contributed by atoms with Gasteiger partial charge in [-0.05, 0) is 59.0 Å². The zero-order valence-electron chi connectivity index (χ0n) is 9.45. The van der Waals surface area contributed by atoms with Crippen LogP contribution in [0.2, 0.25) is 5.02 Å². The van der Waals surface area contributed by atoms with E-state index in [0.717, 1.165) is 9.64 Å². The zero-order valence-corrected chi connectivity index (χ0v) is 12.4. The molecule has 0 aliphatic rings. The highest BCUT2D eigenvalue weighted by molar-refractivity contribution is 14.1. The van der Waals surface area contributed by atoms with Crippen LogP contribution >= 0.6 is 34.2 Å². The van der Waals surface area contributed by atoms with E-state index < -0.39 is 11.7 Å². The van der Waals surface area contributed by atoms with Crippen molar-refractivity contribution in [2.75, 3.05) is 5.32 Å². The van der Waals surface area contributed by atoms with Gasteiger partial charge in [-0.25, -0.2) is 4.39 Å². The number of halogens is 3. The Kier molecular flexibility index (Phi) is 4.26. The number of hydrogen-bond acceptors (Lipinski definition) is 2. The van der Waals surface area contributed by atoms with Gasteiger partial charge in [-0.15, -0.1) is 0 Å².